The van der Waals surface area contributed by atoms with Crippen molar-refractivity contribution in [3.8, 4) is 11.5 Å². The molecular formula is C23H18F3NO4S2. The Morgan fingerprint density at radius 2 is 1.73 bits per heavy atom. The Labute approximate surface area is 191 Å². The molecule has 0 bridgehead atoms. The lowest BCUT2D eigenvalue weighted by molar-refractivity contribution is -0.137. The van der Waals surface area contributed by atoms with Crippen molar-refractivity contribution >= 4 is 32.3 Å². The van der Waals surface area contributed by atoms with E-state index in [-0.39, 0.29) is 26.3 Å². The second-order valence-electron chi connectivity index (χ2n) is 7.50. The quantitative estimate of drug-likeness (QED) is 0.358. The molecule has 0 aliphatic rings. The van der Waals surface area contributed by atoms with E-state index in [1.807, 2.05) is 0 Å². The number of nitrogens with zero attached hydrogens (tertiary/aromatic N) is 1. The van der Waals surface area contributed by atoms with Crippen molar-refractivity contribution in [3.05, 3.63) is 86.9 Å². The number of hydrogen-bond acceptors (Lipinski definition) is 5. The number of aromatic nitrogens is 1. The number of aryl methyl sites for hydroxylation is 2. The summed E-state index contributed by atoms with van der Waals surface area (Å²) >= 11 is 0.937. The Bertz CT molecular complexity index is 1520. The fourth-order valence-corrected chi connectivity index (χ4v) is 5.56. The Morgan fingerprint density at radius 1 is 1.00 bits per heavy atom. The molecule has 10 heteroatoms. The fraction of sp³-hybridized carbons (Fsp3) is 0.174. The lowest BCUT2D eigenvalue weighted by Gasteiger charge is -2.16. The van der Waals surface area contributed by atoms with Gasteiger partial charge < -0.3 is 4.74 Å². The first-order chi connectivity index (χ1) is 15.5. The summed E-state index contributed by atoms with van der Waals surface area (Å²) in [5, 5.41) is 0.240. The number of alkyl halides is 3. The molecule has 0 aliphatic carbocycles. The molecule has 1 aromatic heterocycles. The molecule has 4 rings (SSSR count). The van der Waals surface area contributed by atoms with Crippen LogP contribution in [-0.2, 0) is 28.8 Å². The molecule has 172 valence electrons. The predicted molar refractivity (Wildman–Crippen MR) is 121 cm³/mol. The average molecular weight is 494 g/mol. The topological polar surface area (TPSA) is 65.4 Å². The van der Waals surface area contributed by atoms with Gasteiger partial charge in [-0.1, -0.05) is 18.2 Å². The largest absolute Gasteiger partial charge is 0.457 e. The zero-order chi connectivity index (χ0) is 24.0. The highest BCUT2D eigenvalue weighted by Gasteiger charge is 2.32. The monoisotopic (exact) mass is 493 g/mol. The first-order valence-corrected chi connectivity index (χ1v) is 12.1. The van der Waals surface area contributed by atoms with Crippen LogP contribution in [0.4, 0.5) is 13.2 Å². The van der Waals surface area contributed by atoms with E-state index in [0.29, 0.717) is 11.3 Å². The van der Waals surface area contributed by atoms with Crippen molar-refractivity contribution in [2.45, 2.75) is 23.7 Å². The van der Waals surface area contributed by atoms with Crippen molar-refractivity contribution in [3.63, 3.8) is 0 Å². The minimum absolute atomic E-state index is 0.00778. The lowest BCUT2D eigenvalue weighted by Crippen LogP contribution is -2.10. The maximum atomic E-state index is 13.3. The number of rotatable bonds is 5. The second-order valence-corrected chi connectivity index (χ2v) is 10.6. The van der Waals surface area contributed by atoms with E-state index in [1.54, 1.807) is 42.2 Å². The van der Waals surface area contributed by atoms with Crippen LogP contribution in [0.15, 0.2) is 70.4 Å². The third-order valence-corrected chi connectivity index (χ3v) is 7.67. The number of hydrogen-bond donors (Lipinski definition) is 0. The number of fused-ring (bicyclic) bond motifs is 1. The number of ether oxygens (including phenoxy) is 1. The summed E-state index contributed by atoms with van der Waals surface area (Å²) in [6, 6.07) is 13.8. The number of para-hydroxylation sites is 1. The summed E-state index contributed by atoms with van der Waals surface area (Å²) in [7, 11) is -2.41. The molecule has 0 amide bonds. The van der Waals surface area contributed by atoms with Crippen LogP contribution in [0, 0.1) is 6.92 Å². The molecule has 1 heterocycles. The van der Waals surface area contributed by atoms with E-state index in [9.17, 15) is 26.4 Å². The van der Waals surface area contributed by atoms with E-state index in [2.05, 4.69) is 0 Å². The van der Waals surface area contributed by atoms with Gasteiger partial charge in [-0.05, 0) is 66.5 Å². The van der Waals surface area contributed by atoms with Gasteiger partial charge in [0, 0.05) is 12.6 Å². The van der Waals surface area contributed by atoms with Crippen molar-refractivity contribution in [1.82, 2.24) is 3.96 Å². The highest BCUT2D eigenvalue weighted by Crippen LogP contribution is 2.36. The normalized spacial score (nSPS) is 12.3. The molecule has 0 N–H and O–H groups in total. The standard InChI is InChI=1S/C23H18F3NO4S2/c1-14-5-3-4-6-20(14)31-21-10-7-16(23(24,25)26)11-15(21)13-33(29,30)17-8-9-19-18(12-17)22(28)32-27(19)2/h3-12H,13H2,1-2H3. The maximum absolute atomic E-state index is 13.3. The molecule has 0 saturated heterocycles. The van der Waals surface area contributed by atoms with Gasteiger partial charge in [-0.25, -0.2) is 8.42 Å². The second kappa shape index (κ2) is 8.35. The zero-order valence-corrected chi connectivity index (χ0v) is 19.1. The zero-order valence-electron chi connectivity index (χ0n) is 17.5. The number of halogens is 3. The highest BCUT2D eigenvalue weighted by atomic mass is 32.2. The molecule has 33 heavy (non-hydrogen) atoms. The molecule has 0 radical (unpaired) electrons. The van der Waals surface area contributed by atoms with E-state index < -0.39 is 27.3 Å². The first kappa shape index (κ1) is 23.1. The van der Waals surface area contributed by atoms with Gasteiger partial charge in [-0.15, -0.1) is 0 Å². The SMILES string of the molecule is Cc1ccccc1Oc1ccc(C(F)(F)F)cc1CS(=O)(=O)c1ccc2c(c1)c(=O)sn2C. The summed E-state index contributed by atoms with van der Waals surface area (Å²) < 4.78 is 73.5. The van der Waals surface area contributed by atoms with Gasteiger partial charge in [0.05, 0.1) is 27.1 Å². The third-order valence-electron chi connectivity index (χ3n) is 5.15. The summed E-state index contributed by atoms with van der Waals surface area (Å²) in [5.74, 6) is -0.318. The predicted octanol–water partition coefficient (Wildman–Crippen LogP) is 5.69. The molecule has 0 aliphatic heterocycles. The van der Waals surface area contributed by atoms with Gasteiger partial charge in [0.15, 0.2) is 9.84 Å². The molecule has 0 spiro atoms. The summed E-state index contributed by atoms with van der Waals surface area (Å²) in [6.07, 6.45) is -4.65. The molecule has 5 nitrogen and oxygen atoms in total. The van der Waals surface area contributed by atoms with Crippen molar-refractivity contribution in [2.24, 2.45) is 7.05 Å². The van der Waals surface area contributed by atoms with Crippen LogP contribution in [0.1, 0.15) is 16.7 Å². The van der Waals surface area contributed by atoms with Crippen LogP contribution in [0.25, 0.3) is 10.9 Å². The molecule has 0 atom stereocenters. The van der Waals surface area contributed by atoms with Crippen LogP contribution in [0.2, 0.25) is 0 Å². The number of benzene rings is 3. The van der Waals surface area contributed by atoms with Crippen LogP contribution in [0.5, 0.6) is 11.5 Å². The van der Waals surface area contributed by atoms with E-state index >= 15 is 0 Å². The molecule has 4 aromatic rings. The Balaban J connectivity index is 1.78. The number of sulfone groups is 1. The van der Waals surface area contributed by atoms with Gasteiger partial charge in [-0.2, -0.15) is 13.2 Å². The van der Waals surface area contributed by atoms with E-state index in [0.717, 1.165) is 35.3 Å². The minimum Gasteiger partial charge on any atom is -0.457 e. The minimum atomic E-state index is -4.65. The summed E-state index contributed by atoms with van der Waals surface area (Å²) in [5.41, 5.74) is 0.204. The molecule has 3 aromatic carbocycles. The average Bonchev–Trinajstić information content (AvgIpc) is 3.03. The molecule has 0 fully saturated rings. The Kier molecular flexibility index (Phi) is 5.83. The van der Waals surface area contributed by atoms with Crippen molar-refractivity contribution < 1.29 is 26.3 Å². The lowest BCUT2D eigenvalue weighted by atomic mass is 10.1. The van der Waals surface area contributed by atoms with Gasteiger partial charge in [-0.3, -0.25) is 8.75 Å². The fourth-order valence-electron chi connectivity index (χ4n) is 3.41. The summed E-state index contributed by atoms with van der Waals surface area (Å²) in [6.45, 7) is 1.77. The van der Waals surface area contributed by atoms with E-state index in [4.69, 9.17) is 4.74 Å². The van der Waals surface area contributed by atoms with Crippen LogP contribution >= 0.6 is 11.5 Å². The van der Waals surface area contributed by atoms with Crippen molar-refractivity contribution in [2.75, 3.05) is 0 Å². The van der Waals surface area contributed by atoms with Crippen molar-refractivity contribution in [1.29, 1.82) is 0 Å². The van der Waals surface area contributed by atoms with Gasteiger partial charge in [0.2, 0.25) is 0 Å². The Morgan fingerprint density at radius 3 is 2.42 bits per heavy atom. The molecule has 0 saturated carbocycles. The molecule has 0 unspecified atom stereocenters. The van der Waals surface area contributed by atoms with Crippen LogP contribution in [-0.4, -0.2) is 12.4 Å². The third kappa shape index (κ3) is 4.67. The summed E-state index contributed by atoms with van der Waals surface area (Å²) in [4.78, 5) is 12.0. The maximum Gasteiger partial charge on any atom is 0.416 e. The Hall–Kier alpha value is -3.11. The van der Waals surface area contributed by atoms with E-state index in [1.165, 1.54) is 18.2 Å². The van der Waals surface area contributed by atoms with Crippen LogP contribution in [0.3, 0.4) is 0 Å². The van der Waals surface area contributed by atoms with Gasteiger partial charge >= 0.3 is 6.18 Å². The smallest absolute Gasteiger partial charge is 0.416 e. The highest BCUT2D eigenvalue weighted by molar-refractivity contribution is 7.90. The van der Waals surface area contributed by atoms with Gasteiger partial charge in [0.1, 0.15) is 11.5 Å². The van der Waals surface area contributed by atoms with Crippen LogP contribution < -0.4 is 9.48 Å². The first-order valence-electron chi connectivity index (χ1n) is 9.72. The van der Waals surface area contributed by atoms with Gasteiger partial charge in [0.25, 0.3) is 4.74 Å². The molecular weight excluding hydrogens is 475 g/mol.